The first kappa shape index (κ1) is 40.8. The van der Waals surface area contributed by atoms with Crippen molar-refractivity contribution in [2.75, 3.05) is 39.8 Å². The monoisotopic (exact) mass is 768 g/mol. The Balaban J connectivity index is 1.94. The van der Waals surface area contributed by atoms with Gasteiger partial charge in [-0.25, -0.2) is 13.7 Å². The van der Waals surface area contributed by atoms with Crippen LogP contribution in [0.3, 0.4) is 0 Å². The van der Waals surface area contributed by atoms with Gasteiger partial charge in [-0.05, 0) is 108 Å². The summed E-state index contributed by atoms with van der Waals surface area (Å²) >= 11 is 0. The van der Waals surface area contributed by atoms with E-state index in [9.17, 15) is 28.4 Å². The molecule has 0 aromatic heterocycles. The molecule has 3 N–H and O–H groups in total. The second-order valence-electron chi connectivity index (χ2n) is 12.8. The average Bonchev–Trinajstić information content (AvgIpc) is 3.13. The predicted molar refractivity (Wildman–Crippen MR) is 198 cm³/mol. The Hall–Kier alpha value is -2.97. The molecule has 3 aromatic carbocycles. The molecule has 0 heterocycles. The van der Waals surface area contributed by atoms with E-state index in [1.165, 1.54) is 21.3 Å². The zero-order valence-electron chi connectivity index (χ0n) is 30.3. The van der Waals surface area contributed by atoms with Crippen molar-refractivity contribution >= 4 is 22.8 Å². The van der Waals surface area contributed by atoms with Gasteiger partial charge in [-0.15, -0.1) is 0 Å². The molecule has 1 aliphatic rings. The third-order valence-electron chi connectivity index (χ3n) is 8.71. The summed E-state index contributed by atoms with van der Waals surface area (Å²) in [7, 11) is -7.61. The first-order valence-corrected chi connectivity index (χ1v) is 22.6. The highest BCUT2D eigenvalue weighted by atomic mass is 31.2. The number of hydrogen-bond donors (Lipinski definition) is 3. The second kappa shape index (κ2) is 17.7. The van der Waals surface area contributed by atoms with Gasteiger partial charge in [-0.2, -0.15) is 0 Å². The Morgan fingerprint density at radius 3 is 0.863 bits per heavy atom. The van der Waals surface area contributed by atoms with E-state index >= 15 is 0 Å². The lowest BCUT2D eigenvalue weighted by Gasteiger charge is -2.20. The molecule has 15 heteroatoms. The van der Waals surface area contributed by atoms with Gasteiger partial charge in [0.05, 0.1) is 39.8 Å². The summed E-state index contributed by atoms with van der Waals surface area (Å²) in [5, 5.41) is 0. The predicted octanol–water partition coefficient (Wildman–Crippen LogP) is 8.89. The molecule has 0 saturated heterocycles. The van der Waals surface area contributed by atoms with Crippen LogP contribution in [-0.2, 0) is 33.0 Å². The maximum Gasteiger partial charge on any atom is 0.376 e. The minimum Gasteiger partial charge on any atom is -0.493 e. The molecule has 3 atom stereocenters. The topological polar surface area (TPSA) is 167 Å². The number of unbranched alkanes of at least 4 members (excludes halogenated alkanes) is 3. The third kappa shape index (κ3) is 11.0. The summed E-state index contributed by atoms with van der Waals surface area (Å²) in [5.41, 5.74) is 4.70. The zero-order valence-corrected chi connectivity index (χ0v) is 33.0. The highest BCUT2D eigenvalue weighted by Crippen LogP contribution is 2.51. The summed E-state index contributed by atoms with van der Waals surface area (Å²) in [6.07, 6.45) is 4.69. The van der Waals surface area contributed by atoms with Crippen LogP contribution < -0.4 is 27.8 Å². The molecule has 0 spiro atoms. The largest absolute Gasteiger partial charge is 0.493 e. The molecule has 0 fully saturated rings. The standard InChI is InChI=1S/C36H51O12P3/c1-7-10-13-49(37,38)46-34-22-28-16-26-20-32(44-5)36(48-51(41,42)15-12-9-3)24-30(26)18-27-21-33(45-6)35(47-50(39,40)14-11-8-2)23-29(27)17-25(28)19-31(34)43-4/h19-24H,7-18H2,1-6H3,(H,37,38)(H,39,40)(H,41,42). The van der Waals surface area contributed by atoms with Gasteiger partial charge in [0.1, 0.15) is 0 Å². The summed E-state index contributed by atoms with van der Waals surface area (Å²) in [6, 6.07) is 10.4. The fourth-order valence-electron chi connectivity index (χ4n) is 5.90. The Kier molecular flexibility index (Phi) is 14.2. The van der Waals surface area contributed by atoms with Gasteiger partial charge in [-0.3, -0.25) is 0 Å². The summed E-state index contributed by atoms with van der Waals surface area (Å²) in [6.45, 7) is 5.78. The van der Waals surface area contributed by atoms with Crippen LogP contribution in [0.5, 0.6) is 34.5 Å². The fourth-order valence-corrected chi connectivity index (χ4v) is 9.67. The van der Waals surface area contributed by atoms with E-state index in [0.717, 1.165) is 52.6 Å². The van der Waals surface area contributed by atoms with E-state index in [0.29, 0.717) is 38.5 Å². The van der Waals surface area contributed by atoms with Crippen LogP contribution in [0.2, 0.25) is 0 Å². The maximum absolute atomic E-state index is 13.0. The molecular formula is C36H51O12P3. The van der Waals surface area contributed by atoms with Crippen molar-refractivity contribution in [3.63, 3.8) is 0 Å². The van der Waals surface area contributed by atoms with Crippen LogP contribution in [0.25, 0.3) is 0 Å². The molecule has 0 radical (unpaired) electrons. The minimum atomic E-state index is -3.99. The van der Waals surface area contributed by atoms with Crippen molar-refractivity contribution in [3.05, 3.63) is 69.8 Å². The van der Waals surface area contributed by atoms with Gasteiger partial charge >= 0.3 is 22.8 Å². The Morgan fingerprint density at radius 1 is 0.451 bits per heavy atom. The molecule has 3 aromatic rings. The van der Waals surface area contributed by atoms with Crippen LogP contribution in [0.4, 0.5) is 0 Å². The van der Waals surface area contributed by atoms with Crippen molar-refractivity contribution in [1.82, 2.24) is 0 Å². The summed E-state index contributed by atoms with van der Waals surface area (Å²) in [4.78, 5) is 32.0. The van der Waals surface area contributed by atoms with Crippen LogP contribution in [0.15, 0.2) is 36.4 Å². The third-order valence-corrected chi connectivity index (χ3v) is 12.8. The van der Waals surface area contributed by atoms with E-state index in [-0.39, 0.29) is 53.0 Å². The highest BCUT2D eigenvalue weighted by molar-refractivity contribution is 7.53. The van der Waals surface area contributed by atoms with E-state index in [2.05, 4.69) is 0 Å². The van der Waals surface area contributed by atoms with Crippen LogP contribution >= 0.6 is 22.8 Å². The van der Waals surface area contributed by atoms with Crippen LogP contribution in [0, 0.1) is 0 Å². The number of fused-ring (bicyclic) bond motifs is 3. The van der Waals surface area contributed by atoms with Gasteiger partial charge in [0, 0.05) is 0 Å². The molecule has 1 aliphatic carbocycles. The first-order valence-electron chi connectivity index (χ1n) is 17.3. The number of rotatable bonds is 18. The SMILES string of the molecule is CCCCP(=O)(O)Oc1cc2c(cc1OC)Cc1cc(OP(=O)(O)CCCC)c(OC)cc1Cc1cc(OP(=O)(O)CCCC)c(OC)cc1C2. The summed E-state index contributed by atoms with van der Waals surface area (Å²) in [5.74, 6) is 1.20. The average molecular weight is 769 g/mol. The molecule has 4 rings (SSSR count). The lowest BCUT2D eigenvalue weighted by molar-refractivity contribution is 0.352. The molecule has 51 heavy (non-hydrogen) atoms. The van der Waals surface area contributed by atoms with Crippen LogP contribution in [0.1, 0.15) is 92.7 Å². The van der Waals surface area contributed by atoms with Crippen molar-refractivity contribution in [3.8, 4) is 34.5 Å². The number of ether oxygens (including phenoxy) is 3. The molecule has 3 unspecified atom stereocenters. The minimum absolute atomic E-state index is 0.00945. The Bertz CT molecular complexity index is 1620. The number of benzene rings is 3. The molecule has 0 aliphatic heterocycles. The number of methoxy groups -OCH3 is 3. The van der Waals surface area contributed by atoms with Gasteiger partial charge in [-0.1, -0.05) is 40.0 Å². The second-order valence-corrected chi connectivity index (χ2v) is 18.5. The van der Waals surface area contributed by atoms with Crippen molar-refractivity contribution < 1.29 is 56.2 Å². The van der Waals surface area contributed by atoms with Gasteiger partial charge in [0.15, 0.2) is 34.5 Å². The molecule has 12 nitrogen and oxygen atoms in total. The van der Waals surface area contributed by atoms with Crippen molar-refractivity contribution in [2.24, 2.45) is 0 Å². The van der Waals surface area contributed by atoms with Gasteiger partial charge < -0.3 is 42.5 Å². The lowest BCUT2D eigenvalue weighted by atomic mass is 9.94. The fraction of sp³-hybridized carbons (Fsp3) is 0.500. The van der Waals surface area contributed by atoms with Crippen molar-refractivity contribution in [2.45, 2.75) is 78.6 Å². The molecular weight excluding hydrogens is 717 g/mol. The smallest absolute Gasteiger partial charge is 0.376 e. The molecule has 0 saturated carbocycles. The van der Waals surface area contributed by atoms with E-state index in [4.69, 9.17) is 27.8 Å². The van der Waals surface area contributed by atoms with Gasteiger partial charge in [0.2, 0.25) is 0 Å². The molecule has 282 valence electrons. The normalized spacial score (nSPS) is 15.9. The van der Waals surface area contributed by atoms with E-state index in [1.807, 2.05) is 20.8 Å². The molecule has 0 amide bonds. The Labute approximate surface area is 301 Å². The maximum atomic E-state index is 13.0. The van der Waals surface area contributed by atoms with Crippen molar-refractivity contribution in [1.29, 1.82) is 0 Å². The lowest BCUT2D eigenvalue weighted by Crippen LogP contribution is -2.04. The quantitative estimate of drug-likeness (QED) is 0.0824. The van der Waals surface area contributed by atoms with E-state index in [1.54, 1.807) is 36.4 Å². The highest BCUT2D eigenvalue weighted by Gasteiger charge is 2.29. The summed E-state index contributed by atoms with van der Waals surface area (Å²) < 4.78 is 73.2. The van der Waals surface area contributed by atoms with E-state index < -0.39 is 22.8 Å². The number of hydrogen-bond acceptors (Lipinski definition) is 9. The van der Waals surface area contributed by atoms with Crippen LogP contribution in [-0.4, -0.2) is 54.5 Å². The van der Waals surface area contributed by atoms with Gasteiger partial charge in [0.25, 0.3) is 0 Å². The molecule has 0 bridgehead atoms. The first-order chi connectivity index (χ1) is 24.2. The zero-order chi connectivity index (χ0) is 37.4. The Morgan fingerprint density at radius 2 is 0.667 bits per heavy atom.